The molecule has 9 heterocycles. The van der Waals surface area contributed by atoms with E-state index < -0.39 is 0 Å². The predicted octanol–water partition coefficient (Wildman–Crippen LogP) is 37.7. The molecule has 137 heavy (non-hydrogen) atoms. The summed E-state index contributed by atoms with van der Waals surface area (Å²) in [6.07, 6.45) is 0. The maximum absolute atomic E-state index is 6.64. The van der Waals surface area contributed by atoms with E-state index in [0.717, 1.165) is 82.5 Å². The summed E-state index contributed by atoms with van der Waals surface area (Å²) in [5.41, 5.74) is 33.4. The molecule has 0 amide bonds. The number of nitrogens with zero attached hydrogens (tertiary/aromatic N) is 3. The number of benzene rings is 21. The van der Waals surface area contributed by atoms with Crippen molar-refractivity contribution in [1.82, 2.24) is 13.7 Å². The molecule has 0 radical (unpaired) electrons. The van der Waals surface area contributed by atoms with Crippen molar-refractivity contribution >= 4 is 215 Å². The molecule has 0 spiro atoms. The fourth-order valence-electron chi connectivity index (χ4n) is 21.9. The van der Waals surface area contributed by atoms with Crippen LogP contribution in [-0.2, 0) is 0 Å². The molecule has 0 saturated heterocycles. The minimum absolute atomic E-state index is 0.902. The van der Waals surface area contributed by atoms with Crippen LogP contribution in [0.2, 0.25) is 0 Å². The second kappa shape index (κ2) is 31.8. The van der Waals surface area contributed by atoms with Crippen molar-refractivity contribution in [3.05, 3.63) is 467 Å². The van der Waals surface area contributed by atoms with Crippen molar-refractivity contribution in [3.63, 3.8) is 0 Å². The monoisotopic (exact) mass is 1800 g/mol. The Labute approximate surface area is 797 Å². The Morgan fingerprint density at radius 2 is 0.482 bits per heavy atom. The summed E-state index contributed by atoms with van der Waals surface area (Å²) in [6, 6.07) is 168. The van der Waals surface area contributed by atoms with Crippen molar-refractivity contribution in [3.8, 4) is 95.0 Å². The van der Waals surface area contributed by atoms with Gasteiger partial charge >= 0.3 is 0 Å². The molecule has 9 heteroatoms. The summed E-state index contributed by atoms with van der Waals surface area (Å²) in [6.45, 7) is 0. The summed E-state index contributed by atoms with van der Waals surface area (Å²) in [4.78, 5) is 0. The van der Waals surface area contributed by atoms with Crippen LogP contribution < -0.4 is 0 Å². The molecular formula is C128H77N3O3S3. The third-order valence-electron chi connectivity index (χ3n) is 27.9. The van der Waals surface area contributed by atoms with E-state index in [-0.39, 0.29) is 0 Å². The van der Waals surface area contributed by atoms with Gasteiger partial charge < -0.3 is 27.0 Å². The third kappa shape index (κ3) is 12.4. The molecule has 0 fully saturated rings. The zero-order valence-corrected chi connectivity index (χ0v) is 76.2. The summed E-state index contributed by atoms with van der Waals surface area (Å²) in [5, 5.41) is 19.4. The van der Waals surface area contributed by atoms with Crippen molar-refractivity contribution in [2.75, 3.05) is 0 Å². The van der Waals surface area contributed by atoms with Crippen LogP contribution in [0.4, 0.5) is 0 Å². The highest BCUT2D eigenvalue weighted by Crippen LogP contribution is 2.54. The van der Waals surface area contributed by atoms with Crippen molar-refractivity contribution in [2.24, 2.45) is 0 Å². The van der Waals surface area contributed by atoms with Crippen LogP contribution in [-0.4, -0.2) is 13.7 Å². The maximum atomic E-state index is 6.64. The Morgan fingerprint density at radius 1 is 0.161 bits per heavy atom. The molecule has 21 aromatic carbocycles. The van der Waals surface area contributed by atoms with Gasteiger partial charge in [-0.1, -0.05) is 376 Å². The first-order valence-electron chi connectivity index (χ1n) is 46.5. The Balaban J connectivity index is 0.000000102. The van der Waals surface area contributed by atoms with Gasteiger partial charge in [0.25, 0.3) is 0 Å². The molecule has 0 atom stereocenters. The molecule has 30 rings (SSSR count). The Morgan fingerprint density at radius 3 is 0.964 bits per heavy atom. The Hall–Kier alpha value is -17.2. The fourth-order valence-corrected chi connectivity index (χ4v) is 26.0. The number of rotatable bonds is 10. The Kier molecular flexibility index (Phi) is 18.2. The first-order chi connectivity index (χ1) is 68.0. The lowest BCUT2D eigenvalue weighted by Crippen LogP contribution is -1.93. The minimum atomic E-state index is 0.902. The second-order valence-electron chi connectivity index (χ2n) is 35.3. The van der Waals surface area contributed by atoms with E-state index in [0.29, 0.717) is 0 Å². The van der Waals surface area contributed by atoms with Crippen LogP contribution in [0.5, 0.6) is 0 Å². The topological polar surface area (TPSA) is 54.2 Å². The molecular weight excluding hydrogens is 1720 g/mol. The molecule has 0 aliphatic rings. The number of para-hydroxylation sites is 7. The summed E-state index contributed by atoms with van der Waals surface area (Å²) in [7, 11) is 0. The molecule has 0 aliphatic carbocycles. The van der Waals surface area contributed by atoms with Gasteiger partial charge in [-0.2, -0.15) is 0 Å². The van der Waals surface area contributed by atoms with Crippen molar-refractivity contribution in [1.29, 1.82) is 0 Å². The number of thiophene rings is 3. The molecule has 6 nitrogen and oxygen atoms in total. The second-order valence-corrected chi connectivity index (χ2v) is 38.4. The molecule has 0 bridgehead atoms. The number of fused-ring (bicyclic) bond motifs is 28. The van der Waals surface area contributed by atoms with Crippen molar-refractivity contribution < 1.29 is 13.3 Å². The van der Waals surface area contributed by atoms with E-state index in [1.54, 1.807) is 0 Å². The van der Waals surface area contributed by atoms with Crippen LogP contribution in [0.15, 0.2) is 480 Å². The van der Waals surface area contributed by atoms with E-state index >= 15 is 0 Å². The zero-order chi connectivity index (χ0) is 89.9. The molecule has 0 saturated carbocycles. The number of furan rings is 3. The van der Waals surface area contributed by atoms with Crippen LogP contribution >= 0.6 is 34.0 Å². The summed E-state index contributed by atoms with van der Waals surface area (Å²) < 4.78 is 34.8. The van der Waals surface area contributed by atoms with Gasteiger partial charge in [-0.05, 0) is 163 Å². The largest absolute Gasteiger partial charge is 0.456 e. The SMILES string of the molecule is c1ccc(-c2cccc3c2oc2cccc(-c4ccccc4-c4cccc5c4sc4c6ccccc6n(-c6ccccc6)c54)c23)cc1.c1ccc(-n2c3ccccc3c3sc4c(-c5ccccc5-c5ccc6c(c5)oc5ccc7ccccc7c56)cccc4c32)cc1.c1ccc(-n2c3ccccc3c3sc4c(-c5ccccc5-c5cccc6oc7c8ccccc8ccc7c56)cccc4c32)cc1. The van der Waals surface area contributed by atoms with Gasteiger partial charge in [-0.3, -0.25) is 0 Å². The van der Waals surface area contributed by atoms with Gasteiger partial charge in [0.05, 0.1) is 47.2 Å². The smallest absolute Gasteiger partial charge is 0.143 e. The van der Waals surface area contributed by atoms with Crippen LogP contribution in [0.3, 0.4) is 0 Å². The summed E-state index contributed by atoms with van der Waals surface area (Å²) in [5.74, 6) is 0. The van der Waals surface area contributed by atoms with Gasteiger partial charge in [-0.15, -0.1) is 34.0 Å². The highest BCUT2D eigenvalue weighted by atomic mass is 32.1. The van der Waals surface area contributed by atoms with Crippen LogP contribution in [0.25, 0.3) is 276 Å². The lowest BCUT2D eigenvalue weighted by atomic mass is 9.91. The number of aromatic nitrogens is 3. The molecule has 0 unspecified atom stereocenters. The van der Waals surface area contributed by atoms with Gasteiger partial charge in [0, 0.05) is 123 Å². The van der Waals surface area contributed by atoms with Gasteiger partial charge in [0.1, 0.15) is 33.5 Å². The third-order valence-corrected chi connectivity index (χ3v) is 31.6. The molecule has 30 aromatic rings. The highest BCUT2D eigenvalue weighted by Gasteiger charge is 2.28. The van der Waals surface area contributed by atoms with Crippen LogP contribution in [0.1, 0.15) is 0 Å². The van der Waals surface area contributed by atoms with E-state index in [2.05, 4.69) is 481 Å². The first kappa shape index (κ1) is 78.5. The quantitative estimate of drug-likeness (QED) is 0.137. The van der Waals surface area contributed by atoms with E-state index in [1.807, 2.05) is 34.0 Å². The molecule has 0 aliphatic heterocycles. The van der Waals surface area contributed by atoms with Crippen molar-refractivity contribution in [2.45, 2.75) is 0 Å². The first-order valence-corrected chi connectivity index (χ1v) is 48.9. The lowest BCUT2D eigenvalue weighted by molar-refractivity contribution is 0.669. The van der Waals surface area contributed by atoms with Gasteiger partial charge in [0.2, 0.25) is 0 Å². The fraction of sp³-hybridized carbons (Fsp3) is 0. The molecule has 0 N–H and O–H groups in total. The number of hydrogen-bond donors (Lipinski definition) is 0. The van der Waals surface area contributed by atoms with Gasteiger partial charge in [-0.25, -0.2) is 0 Å². The average Bonchev–Trinajstić information content (AvgIpc) is 1.56. The summed E-state index contributed by atoms with van der Waals surface area (Å²) >= 11 is 5.70. The normalized spacial score (nSPS) is 11.9. The standard InChI is InChI=1S/C44H27NOS.2C42H25NOS/c1-3-14-28(15-4-1)30-21-11-24-36-40-33(22-13-27-39(40)46-42(30)36)31-18-7-8-19-32(31)34-23-12-25-37-41-44(47-43(34)37)35-20-9-10-26-38(35)45(41)29-16-5-2-6-17-29;1-2-13-27(14-3-1)43-36-22-9-8-18-33(36)42-39(43)35-21-10-20-32(41(35)45-42)30-17-7-6-16-29(30)31-19-11-23-37-38(31)34-25-24-26-12-4-5-15-28(26)40(34)44-37;1-2-12-28(13-3-1)43-36-20-9-8-17-33(36)42-40(43)35-19-10-18-32(41(35)45-42)31-16-7-6-14-29(31)27-21-23-34-38(25-27)44-37-24-22-26-11-4-5-15-30(26)39(34)37/h1-27H;2*1-25H. The maximum Gasteiger partial charge on any atom is 0.143 e. The molecule has 640 valence electrons. The lowest BCUT2D eigenvalue weighted by Gasteiger charge is -2.13. The highest BCUT2D eigenvalue weighted by molar-refractivity contribution is 7.28. The van der Waals surface area contributed by atoms with E-state index in [4.69, 9.17) is 13.3 Å². The van der Waals surface area contributed by atoms with E-state index in [1.165, 1.54) is 193 Å². The predicted molar refractivity (Wildman–Crippen MR) is 583 cm³/mol. The minimum Gasteiger partial charge on any atom is -0.456 e. The zero-order valence-electron chi connectivity index (χ0n) is 73.7. The van der Waals surface area contributed by atoms with Gasteiger partial charge in [0.15, 0.2) is 0 Å². The van der Waals surface area contributed by atoms with E-state index in [9.17, 15) is 0 Å². The Bertz CT molecular complexity index is 10100. The van der Waals surface area contributed by atoms with Crippen LogP contribution in [0, 0.1) is 0 Å². The number of hydrogen-bond acceptors (Lipinski definition) is 6. The average molecular weight is 1800 g/mol. The molecule has 9 aromatic heterocycles.